The molecule has 0 spiro atoms. The number of β-lactam (4-membered cyclic amide) rings is 1. The van der Waals surface area contributed by atoms with E-state index in [2.05, 4.69) is 15.5 Å². The summed E-state index contributed by atoms with van der Waals surface area (Å²) in [6.07, 6.45) is 0. The third-order valence-corrected chi connectivity index (χ3v) is 5.92. The van der Waals surface area contributed by atoms with Crippen molar-refractivity contribution in [3.63, 3.8) is 0 Å². The monoisotopic (exact) mass is 403 g/mol. The van der Waals surface area contributed by atoms with Crippen molar-refractivity contribution in [1.82, 2.24) is 15.2 Å². The molecule has 132 valence electrons. The predicted molar refractivity (Wildman–Crippen MR) is 90.4 cm³/mol. The van der Waals surface area contributed by atoms with Gasteiger partial charge in [-0.05, 0) is 0 Å². The summed E-state index contributed by atoms with van der Waals surface area (Å²) in [7, 11) is 0. The molecule has 1 fully saturated rings. The lowest BCUT2D eigenvalue weighted by Crippen LogP contribution is -2.70. The van der Waals surface area contributed by atoms with Crippen molar-refractivity contribution in [2.24, 2.45) is 5.16 Å². The number of carbonyl (C=O) groups is 3. The highest BCUT2D eigenvalue weighted by Crippen LogP contribution is 2.41. The number of nitrogen functional groups attached to an aromatic ring is 1. The van der Waals surface area contributed by atoms with E-state index in [-0.39, 0.29) is 27.3 Å². The van der Waals surface area contributed by atoms with Gasteiger partial charge in [-0.2, -0.15) is 0 Å². The molecule has 3 heterocycles. The second-order valence-electron chi connectivity index (χ2n) is 4.94. The van der Waals surface area contributed by atoms with E-state index in [0.717, 1.165) is 16.2 Å². The number of aliphatic carboxylic acids is 1. The number of amides is 2. The summed E-state index contributed by atoms with van der Waals surface area (Å²) in [5, 5.41) is 24.6. The first kappa shape index (κ1) is 17.5. The quantitative estimate of drug-likeness (QED) is 0.233. The fraction of sp³-hybridized carbons (Fsp3) is 0.250. The zero-order valence-corrected chi connectivity index (χ0v) is 14.6. The summed E-state index contributed by atoms with van der Waals surface area (Å²) < 4.78 is 0. The number of anilines is 1. The molecule has 1 saturated heterocycles. The molecule has 0 aliphatic carbocycles. The van der Waals surface area contributed by atoms with E-state index in [1.807, 2.05) is 0 Å². The average molecular weight is 404 g/mol. The summed E-state index contributed by atoms with van der Waals surface area (Å²) >= 11 is 8.14. The van der Waals surface area contributed by atoms with Crippen molar-refractivity contribution >= 4 is 63.3 Å². The summed E-state index contributed by atoms with van der Waals surface area (Å²) in [5.74, 6) is -2.56. The van der Waals surface area contributed by atoms with Crippen molar-refractivity contribution < 1.29 is 24.7 Å². The maximum Gasteiger partial charge on any atom is 0.353 e. The smallest absolute Gasteiger partial charge is 0.353 e. The van der Waals surface area contributed by atoms with E-state index >= 15 is 0 Å². The zero-order valence-electron chi connectivity index (χ0n) is 12.2. The third kappa shape index (κ3) is 2.92. The van der Waals surface area contributed by atoms with Gasteiger partial charge < -0.3 is 21.4 Å². The fourth-order valence-electron chi connectivity index (χ4n) is 2.40. The number of hydrogen-bond acceptors (Lipinski definition) is 9. The molecule has 0 radical (unpaired) electrons. The van der Waals surface area contributed by atoms with Crippen LogP contribution in [-0.4, -0.2) is 60.9 Å². The Bertz CT molecular complexity index is 838. The van der Waals surface area contributed by atoms with Crippen LogP contribution in [0.15, 0.2) is 21.3 Å². The molecule has 25 heavy (non-hydrogen) atoms. The molecule has 2 amide bonds. The number of carbonyl (C=O) groups excluding carboxylic acids is 2. The van der Waals surface area contributed by atoms with Crippen molar-refractivity contribution in [3.05, 3.63) is 21.8 Å². The Kier molecular flexibility index (Phi) is 4.58. The lowest BCUT2D eigenvalue weighted by molar-refractivity contribution is -0.150. The number of rotatable bonds is 4. The fourth-order valence-corrected chi connectivity index (χ4v) is 4.50. The Balaban J connectivity index is 1.76. The molecular formula is C12H10ClN5O5S2. The number of carboxylic acid groups (broad SMARTS) is 1. The van der Waals surface area contributed by atoms with Crippen molar-refractivity contribution in [3.8, 4) is 0 Å². The second-order valence-corrected chi connectivity index (χ2v) is 7.39. The van der Waals surface area contributed by atoms with Gasteiger partial charge in [-0.1, -0.05) is 16.8 Å². The van der Waals surface area contributed by atoms with Crippen LogP contribution in [0.25, 0.3) is 0 Å². The minimum Gasteiger partial charge on any atom is -0.477 e. The van der Waals surface area contributed by atoms with Crippen LogP contribution in [0.1, 0.15) is 5.69 Å². The van der Waals surface area contributed by atoms with Gasteiger partial charge in [0.25, 0.3) is 11.8 Å². The van der Waals surface area contributed by atoms with Crippen molar-refractivity contribution in [2.45, 2.75) is 11.4 Å². The number of thiazole rings is 1. The van der Waals surface area contributed by atoms with E-state index in [9.17, 15) is 19.5 Å². The number of nitrogens with one attached hydrogen (secondary N) is 1. The Morgan fingerprint density at radius 3 is 2.80 bits per heavy atom. The minimum atomic E-state index is -1.32. The molecule has 2 aliphatic heterocycles. The number of nitrogens with two attached hydrogens (primary N) is 1. The number of nitrogens with zero attached hydrogens (tertiary/aromatic N) is 3. The molecular weight excluding hydrogens is 394 g/mol. The molecule has 0 unspecified atom stereocenters. The van der Waals surface area contributed by atoms with Gasteiger partial charge in [-0.15, -0.1) is 23.1 Å². The van der Waals surface area contributed by atoms with E-state index in [1.165, 1.54) is 17.1 Å². The lowest BCUT2D eigenvalue weighted by atomic mass is 10.0. The van der Waals surface area contributed by atoms with Crippen LogP contribution in [-0.2, 0) is 14.4 Å². The summed E-state index contributed by atoms with van der Waals surface area (Å²) in [6.45, 7) is 0. The molecule has 2 aliphatic rings. The topological polar surface area (TPSA) is 158 Å². The normalized spacial score (nSPS) is 23.2. The van der Waals surface area contributed by atoms with E-state index < -0.39 is 34.9 Å². The van der Waals surface area contributed by atoms with Gasteiger partial charge in [0.05, 0.1) is 5.03 Å². The number of thioether (sulfide) groups is 1. The molecule has 3 rings (SSSR count). The van der Waals surface area contributed by atoms with Crippen LogP contribution in [0.5, 0.6) is 0 Å². The highest BCUT2D eigenvalue weighted by molar-refractivity contribution is 8.00. The van der Waals surface area contributed by atoms with E-state index in [0.29, 0.717) is 0 Å². The largest absolute Gasteiger partial charge is 0.477 e. The zero-order chi connectivity index (χ0) is 18.3. The average Bonchev–Trinajstić information content (AvgIpc) is 2.98. The number of aromatic nitrogens is 1. The van der Waals surface area contributed by atoms with Crippen molar-refractivity contribution in [2.75, 3.05) is 11.5 Å². The van der Waals surface area contributed by atoms with Gasteiger partial charge >= 0.3 is 5.97 Å². The minimum absolute atomic E-state index is 0.0578. The number of halogens is 1. The SMILES string of the molecule is Nc1nc(/C(=N\O)C(=O)N[C@@H]2C(=O)N3C(C(=O)O)=C(Cl)CS[C@H]23)cs1. The molecule has 10 nitrogen and oxygen atoms in total. The van der Waals surface area contributed by atoms with Crippen LogP contribution in [0.4, 0.5) is 5.13 Å². The van der Waals surface area contributed by atoms with Gasteiger partial charge in [-0.25, -0.2) is 9.78 Å². The molecule has 1 aromatic heterocycles. The highest BCUT2D eigenvalue weighted by Gasteiger charge is 2.54. The first-order chi connectivity index (χ1) is 11.8. The molecule has 0 aromatic carbocycles. The van der Waals surface area contributed by atoms with Crippen LogP contribution in [0, 0.1) is 0 Å². The van der Waals surface area contributed by atoms with Crippen LogP contribution < -0.4 is 11.1 Å². The maximum absolute atomic E-state index is 12.3. The van der Waals surface area contributed by atoms with Gasteiger partial charge in [0.2, 0.25) is 0 Å². The van der Waals surface area contributed by atoms with Gasteiger partial charge in [0, 0.05) is 11.1 Å². The van der Waals surface area contributed by atoms with Gasteiger partial charge in [0.15, 0.2) is 10.8 Å². The highest BCUT2D eigenvalue weighted by atomic mass is 35.5. The summed E-state index contributed by atoms with van der Waals surface area (Å²) in [5.41, 5.74) is 4.86. The maximum atomic E-state index is 12.3. The lowest BCUT2D eigenvalue weighted by Gasteiger charge is -2.48. The first-order valence-corrected chi connectivity index (χ1v) is 8.96. The first-order valence-electron chi connectivity index (χ1n) is 6.66. The Morgan fingerprint density at radius 1 is 1.52 bits per heavy atom. The molecule has 0 saturated carbocycles. The summed E-state index contributed by atoms with van der Waals surface area (Å²) in [6, 6.07) is -0.968. The van der Waals surface area contributed by atoms with Gasteiger partial charge in [-0.3, -0.25) is 14.5 Å². The Labute approximate surface area is 153 Å². The number of fused-ring (bicyclic) bond motifs is 1. The van der Waals surface area contributed by atoms with Crippen LogP contribution in [0.3, 0.4) is 0 Å². The van der Waals surface area contributed by atoms with Crippen molar-refractivity contribution in [1.29, 1.82) is 0 Å². The molecule has 13 heteroatoms. The molecule has 5 N–H and O–H groups in total. The second kappa shape index (κ2) is 6.54. The van der Waals surface area contributed by atoms with Crippen LogP contribution in [0.2, 0.25) is 0 Å². The third-order valence-electron chi connectivity index (χ3n) is 3.49. The number of carboxylic acids is 1. The number of oxime groups is 1. The predicted octanol–water partition coefficient (Wildman–Crippen LogP) is -0.161. The Hall–Kier alpha value is -2.31. The summed E-state index contributed by atoms with van der Waals surface area (Å²) in [4.78, 5) is 40.7. The van der Waals surface area contributed by atoms with E-state index in [4.69, 9.17) is 22.5 Å². The molecule has 1 aromatic rings. The molecule has 0 bridgehead atoms. The van der Waals surface area contributed by atoms with Crippen LogP contribution >= 0.6 is 34.7 Å². The van der Waals surface area contributed by atoms with E-state index in [1.54, 1.807) is 0 Å². The molecule has 2 atom stereocenters. The standard InChI is InChI=1S/C12H10ClN5O5S2/c13-3-1-24-10-6(9(20)18(10)7(3)11(21)22)16-8(19)5(17-23)4-2-25-12(14)15-4/h2,6,10,23H,1H2,(H2,14,15)(H,16,19)(H,21,22)/b17-5+/t6-,10-/m1/s1. The Morgan fingerprint density at radius 2 is 2.24 bits per heavy atom. The number of hydrogen-bond donors (Lipinski definition) is 4. The van der Waals surface area contributed by atoms with Gasteiger partial charge in [0.1, 0.15) is 22.8 Å².